The number of hydrogen-bond donors (Lipinski definition) is 1. The van der Waals surface area contributed by atoms with E-state index >= 15 is 0 Å². The third kappa shape index (κ3) is 4.17. The molecular weight excluding hydrogens is 418 g/mol. The van der Waals surface area contributed by atoms with E-state index in [0.29, 0.717) is 31.8 Å². The van der Waals surface area contributed by atoms with Crippen molar-refractivity contribution in [2.24, 2.45) is 0 Å². The van der Waals surface area contributed by atoms with E-state index in [0.717, 1.165) is 46.7 Å². The molecule has 2 amide bonds. The van der Waals surface area contributed by atoms with Crippen molar-refractivity contribution in [2.75, 3.05) is 39.0 Å². The minimum Gasteiger partial charge on any atom is -0.451 e. The highest BCUT2D eigenvalue weighted by molar-refractivity contribution is 5.96. The Kier molecular flexibility index (Phi) is 5.52. The smallest absolute Gasteiger partial charge is 0.289 e. The van der Waals surface area contributed by atoms with Gasteiger partial charge in [-0.1, -0.05) is 11.6 Å². The number of amides is 2. The molecule has 5 rings (SSSR count). The summed E-state index contributed by atoms with van der Waals surface area (Å²) in [5.41, 5.74) is 2.79. The second-order valence-corrected chi connectivity index (χ2v) is 9.18. The van der Waals surface area contributed by atoms with Crippen LogP contribution in [0.5, 0.6) is 0 Å². The summed E-state index contributed by atoms with van der Waals surface area (Å²) in [7, 11) is 3.68. The lowest BCUT2D eigenvalue weighted by atomic mass is 9.95. The van der Waals surface area contributed by atoms with Crippen LogP contribution < -0.4 is 5.32 Å². The van der Waals surface area contributed by atoms with Crippen LogP contribution in [0.15, 0.2) is 34.7 Å². The van der Waals surface area contributed by atoms with Gasteiger partial charge in [-0.05, 0) is 38.0 Å². The van der Waals surface area contributed by atoms with Gasteiger partial charge in [0.25, 0.3) is 5.91 Å². The van der Waals surface area contributed by atoms with Gasteiger partial charge in [0.15, 0.2) is 5.76 Å². The molecule has 0 spiro atoms. The van der Waals surface area contributed by atoms with E-state index in [1.54, 1.807) is 4.90 Å². The molecule has 1 aromatic carbocycles. The predicted molar refractivity (Wildman–Crippen MR) is 125 cm³/mol. The van der Waals surface area contributed by atoms with Crippen LogP contribution in [-0.4, -0.2) is 65.3 Å². The average molecular weight is 448 g/mol. The highest BCUT2D eigenvalue weighted by Gasteiger charge is 2.32. The number of aromatic nitrogens is 2. The highest BCUT2D eigenvalue weighted by atomic mass is 16.3. The maximum Gasteiger partial charge on any atom is 0.289 e. The van der Waals surface area contributed by atoms with Gasteiger partial charge in [-0.2, -0.15) is 0 Å². The largest absolute Gasteiger partial charge is 0.451 e. The Hall–Kier alpha value is -3.42. The van der Waals surface area contributed by atoms with Crippen LogP contribution in [0.3, 0.4) is 0 Å². The van der Waals surface area contributed by atoms with Crippen molar-refractivity contribution in [3.05, 3.63) is 53.2 Å². The summed E-state index contributed by atoms with van der Waals surface area (Å²) in [5.74, 6) is 2.31. The van der Waals surface area contributed by atoms with E-state index in [1.807, 2.05) is 56.3 Å². The molecule has 4 heterocycles. The van der Waals surface area contributed by atoms with Crippen LogP contribution in [0.1, 0.15) is 58.7 Å². The zero-order chi connectivity index (χ0) is 23.1. The summed E-state index contributed by atoms with van der Waals surface area (Å²) in [6.45, 7) is 3.97. The van der Waals surface area contributed by atoms with Crippen LogP contribution in [0.4, 0.5) is 5.82 Å². The van der Waals surface area contributed by atoms with E-state index in [1.165, 1.54) is 0 Å². The summed E-state index contributed by atoms with van der Waals surface area (Å²) in [4.78, 5) is 38.2. The lowest BCUT2D eigenvalue weighted by Crippen LogP contribution is -2.38. The number of hydrogen-bond acceptors (Lipinski definition) is 6. The van der Waals surface area contributed by atoms with Gasteiger partial charge in [0, 0.05) is 63.4 Å². The van der Waals surface area contributed by atoms with Crippen LogP contribution >= 0.6 is 0 Å². The molecule has 0 bridgehead atoms. The molecule has 1 atom stereocenters. The zero-order valence-electron chi connectivity index (χ0n) is 19.3. The number of fused-ring (bicyclic) bond motifs is 1. The number of nitrogens with one attached hydrogen (secondary N) is 1. The first-order valence-corrected chi connectivity index (χ1v) is 11.5. The van der Waals surface area contributed by atoms with Crippen molar-refractivity contribution in [2.45, 2.75) is 38.0 Å². The first-order chi connectivity index (χ1) is 15.9. The lowest BCUT2D eigenvalue weighted by Gasteiger charge is -2.31. The van der Waals surface area contributed by atoms with Crippen LogP contribution in [0.25, 0.3) is 11.0 Å². The number of likely N-dealkylation sites (tertiary alicyclic amines) is 2. The number of rotatable bonds is 4. The second kappa shape index (κ2) is 8.50. The van der Waals surface area contributed by atoms with Crippen molar-refractivity contribution in [1.29, 1.82) is 0 Å². The fourth-order valence-electron chi connectivity index (χ4n) is 4.83. The molecule has 2 aliphatic heterocycles. The Morgan fingerprint density at radius 1 is 1.12 bits per heavy atom. The number of nitrogens with zero attached hydrogens (tertiary/aromatic N) is 4. The van der Waals surface area contributed by atoms with Gasteiger partial charge in [-0.15, -0.1) is 0 Å². The van der Waals surface area contributed by atoms with E-state index in [9.17, 15) is 9.59 Å². The summed E-state index contributed by atoms with van der Waals surface area (Å²) >= 11 is 0. The van der Waals surface area contributed by atoms with Crippen molar-refractivity contribution in [3.63, 3.8) is 0 Å². The average Bonchev–Trinajstić information content (AvgIpc) is 3.40. The summed E-state index contributed by atoms with van der Waals surface area (Å²) in [5, 5.41) is 4.08. The van der Waals surface area contributed by atoms with Crippen molar-refractivity contribution < 1.29 is 14.0 Å². The number of anilines is 1. The second-order valence-electron chi connectivity index (χ2n) is 9.18. The maximum atomic E-state index is 13.0. The van der Waals surface area contributed by atoms with Gasteiger partial charge < -0.3 is 19.5 Å². The molecular formula is C25H29N5O3. The first-order valence-electron chi connectivity index (χ1n) is 11.5. The maximum absolute atomic E-state index is 13.0. The number of furan rings is 1. The minimum absolute atomic E-state index is 0.0691. The first kappa shape index (κ1) is 21.4. The molecule has 2 aliphatic rings. The molecule has 3 aromatic rings. The number of aryl methyl sites for hydroxylation is 1. The summed E-state index contributed by atoms with van der Waals surface area (Å²) in [6, 6.07) is 9.71. The van der Waals surface area contributed by atoms with E-state index in [2.05, 4.69) is 5.32 Å². The molecule has 172 valence electrons. The number of likely N-dealkylation sites (N-methyl/N-ethyl adjacent to an activating group) is 1. The van der Waals surface area contributed by atoms with Gasteiger partial charge in [0.05, 0.1) is 5.69 Å². The van der Waals surface area contributed by atoms with Gasteiger partial charge in [-0.3, -0.25) is 9.59 Å². The molecule has 1 N–H and O–H groups in total. The Balaban J connectivity index is 1.29. The molecule has 0 saturated carbocycles. The Morgan fingerprint density at radius 2 is 1.91 bits per heavy atom. The minimum atomic E-state index is -0.0691. The molecule has 8 heteroatoms. The summed E-state index contributed by atoms with van der Waals surface area (Å²) < 4.78 is 5.81. The number of piperidine rings is 1. The van der Waals surface area contributed by atoms with Gasteiger partial charge >= 0.3 is 0 Å². The Bertz CT molecular complexity index is 1210. The molecule has 0 unspecified atom stereocenters. The SMILES string of the molecule is CNc1cc([C@@H]2CC(=O)N(C)C2)nc(C2CCN(C(=O)c3cc4cc(C)ccc4o3)CC2)n1. The number of benzene rings is 1. The third-order valence-electron chi connectivity index (χ3n) is 6.81. The quantitative estimate of drug-likeness (QED) is 0.658. The molecule has 2 saturated heterocycles. The van der Waals surface area contributed by atoms with Crippen molar-refractivity contribution in [3.8, 4) is 0 Å². The Morgan fingerprint density at radius 3 is 2.61 bits per heavy atom. The fourth-order valence-corrected chi connectivity index (χ4v) is 4.83. The standard InChI is InChI=1S/C25H29N5O3/c1-15-4-5-20-17(10-15)11-21(33-20)25(32)30-8-6-16(7-9-30)24-27-19(13-22(26-2)28-24)18-12-23(31)29(3)14-18/h4-5,10-11,13,16,18H,6-9,12,14H2,1-3H3,(H,26,27,28)/t18-/m1/s1. The normalized spacial score (nSPS) is 19.5. The van der Waals surface area contributed by atoms with Gasteiger partial charge in [-0.25, -0.2) is 9.97 Å². The summed E-state index contributed by atoms with van der Waals surface area (Å²) in [6.07, 6.45) is 2.07. The van der Waals surface area contributed by atoms with Crippen LogP contribution in [-0.2, 0) is 4.79 Å². The molecule has 33 heavy (non-hydrogen) atoms. The van der Waals surface area contributed by atoms with Crippen molar-refractivity contribution in [1.82, 2.24) is 19.8 Å². The Labute approximate surface area is 193 Å². The lowest BCUT2D eigenvalue weighted by molar-refractivity contribution is -0.126. The molecule has 0 aliphatic carbocycles. The highest BCUT2D eigenvalue weighted by Crippen LogP contribution is 2.32. The monoisotopic (exact) mass is 447 g/mol. The zero-order valence-corrected chi connectivity index (χ0v) is 19.3. The predicted octanol–water partition coefficient (Wildman–Crippen LogP) is 3.54. The van der Waals surface area contributed by atoms with Crippen LogP contribution in [0.2, 0.25) is 0 Å². The number of carbonyl (C=O) groups excluding carboxylic acids is 2. The van der Waals surface area contributed by atoms with E-state index in [-0.39, 0.29) is 23.7 Å². The third-order valence-corrected chi connectivity index (χ3v) is 6.81. The fraction of sp³-hybridized carbons (Fsp3) is 0.440. The topological polar surface area (TPSA) is 91.6 Å². The van der Waals surface area contributed by atoms with E-state index in [4.69, 9.17) is 14.4 Å². The number of carbonyl (C=O) groups is 2. The van der Waals surface area contributed by atoms with Crippen molar-refractivity contribution >= 4 is 28.6 Å². The van der Waals surface area contributed by atoms with Crippen LogP contribution in [0, 0.1) is 6.92 Å². The van der Waals surface area contributed by atoms with Gasteiger partial charge in [0.1, 0.15) is 17.2 Å². The van der Waals surface area contributed by atoms with Gasteiger partial charge in [0.2, 0.25) is 5.91 Å². The van der Waals surface area contributed by atoms with E-state index < -0.39 is 0 Å². The molecule has 2 fully saturated rings. The molecule has 2 aromatic heterocycles. The molecule has 8 nitrogen and oxygen atoms in total. The molecule has 0 radical (unpaired) electrons.